The van der Waals surface area contributed by atoms with Crippen LogP contribution in [0.3, 0.4) is 0 Å². The van der Waals surface area contributed by atoms with Gasteiger partial charge in [0.05, 0.1) is 56.0 Å². The first-order valence-electron chi connectivity index (χ1n) is 28.3. The van der Waals surface area contributed by atoms with E-state index >= 15 is 4.39 Å². The molecule has 20 nitrogen and oxygen atoms in total. The summed E-state index contributed by atoms with van der Waals surface area (Å²) in [5, 5.41) is 19.8. The molecule has 0 radical (unpaired) electrons. The summed E-state index contributed by atoms with van der Waals surface area (Å²) in [6.07, 6.45) is 4.47. The van der Waals surface area contributed by atoms with Gasteiger partial charge >= 0.3 is 24.1 Å². The molecule has 3 heterocycles. The molecule has 1 aliphatic carbocycles. The van der Waals surface area contributed by atoms with Crippen LogP contribution in [0.25, 0.3) is 0 Å². The molecule has 3 aliphatic heterocycles. The molecule has 0 aromatic heterocycles. The normalized spacial score (nSPS) is 25.6. The van der Waals surface area contributed by atoms with E-state index in [1.54, 1.807) is 52.0 Å². The molecule has 0 unspecified atom stereocenters. The maximum Gasteiger partial charge on any atom is 0.412 e. The van der Waals surface area contributed by atoms with E-state index in [9.17, 15) is 43.5 Å². The maximum absolute atomic E-state index is 16.1. The lowest BCUT2D eigenvalue weighted by Gasteiger charge is -2.41. The number of esters is 2. The number of ether oxygens (including phenoxy) is 6. The van der Waals surface area contributed by atoms with E-state index in [0.717, 1.165) is 36.5 Å². The lowest BCUT2D eigenvalue weighted by molar-refractivity contribution is -0.187. The van der Waals surface area contributed by atoms with Crippen LogP contribution in [0, 0.1) is 29.5 Å². The van der Waals surface area contributed by atoms with Gasteiger partial charge in [-0.2, -0.15) is 0 Å². The van der Waals surface area contributed by atoms with Crippen LogP contribution < -0.4 is 31.3 Å². The molecule has 3 fully saturated rings. The van der Waals surface area contributed by atoms with Gasteiger partial charge < -0.3 is 54.8 Å². The Kier molecular flexibility index (Phi) is 23.1. The highest BCUT2D eigenvalue weighted by molar-refractivity contribution is 6.35. The standard InChI is InChI=1S/C60H81ClFN5O15/c1-34(2)41(30-40(68)18-10-9-11-24-79-56(73)39-16-13-17-39)55(72)65-44(19-14-23-64-57(63)74)46(69)28-37-21-22-43(42(62)26-37)66-58(75)81-50-31-51(70)67(6)45-27-38(29-47(77-7)53(45)61)25-35(3)15-12-20-49(78-8)60(76)32-48(80-52(71)33-60)36(4)54-59(50,5)82-54/h12,15,20-22,26-27,29,34,36,39,41,44,48-50,54,76H,9-11,13-14,16-19,23-25,28,30-33H2,1-8H3,(H,65,72)(H,66,75)(H3,63,64,74)/b20-12+,35-15+/t36-,41+,44+,48+,49-,50+,54+,59+,60-/m1/s1. The Morgan fingerprint density at radius 3 is 2.44 bits per heavy atom. The van der Waals surface area contributed by atoms with Gasteiger partial charge in [-0.3, -0.25) is 34.1 Å². The zero-order valence-corrected chi connectivity index (χ0v) is 49.0. The number of halogens is 2. The number of carbonyl (C=O) groups excluding carboxylic acids is 8. The van der Waals surface area contributed by atoms with Crippen LogP contribution in [0.1, 0.15) is 129 Å². The summed E-state index contributed by atoms with van der Waals surface area (Å²) in [5.41, 5.74) is 3.99. The Hall–Kier alpha value is -6.42. The number of Topliss-reactive ketones (excluding diaryl/α,β-unsaturated/α-hetero) is 2. The van der Waals surface area contributed by atoms with Crippen LogP contribution in [0.5, 0.6) is 5.75 Å². The Bertz CT molecular complexity index is 2740. The Morgan fingerprint density at radius 2 is 1.78 bits per heavy atom. The van der Waals surface area contributed by atoms with Crippen molar-refractivity contribution in [3.63, 3.8) is 0 Å². The third-order valence-electron chi connectivity index (χ3n) is 16.2. The van der Waals surface area contributed by atoms with Gasteiger partial charge in [0.2, 0.25) is 11.8 Å². The second-order valence-electron chi connectivity index (χ2n) is 22.8. The maximum atomic E-state index is 16.1. The second-order valence-corrected chi connectivity index (χ2v) is 23.2. The number of allylic oxidation sites excluding steroid dienone is 3. The van der Waals surface area contributed by atoms with Crippen LogP contribution >= 0.6 is 11.6 Å². The van der Waals surface area contributed by atoms with E-state index in [-0.39, 0.29) is 91.4 Å². The zero-order chi connectivity index (χ0) is 60.1. The van der Waals surface area contributed by atoms with Crippen molar-refractivity contribution in [3.8, 4) is 5.75 Å². The summed E-state index contributed by atoms with van der Waals surface area (Å²) in [5.74, 6) is -4.79. The number of ketones is 2. The van der Waals surface area contributed by atoms with Gasteiger partial charge in [0, 0.05) is 58.2 Å². The molecule has 6 rings (SSSR count). The van der Waals surface area contributed by atoms with E-state index in [0.29, 0.717) is 43.7 Å². The molecule has 4 aliphatic rings. The molecule has 2 saturated heterocycles. The molecule has 5 amide bonds. The smallest absolute Gasteiger partial charge is 0.412 e. The summed E-state index contributed by atoms with van der Waals surface area (Å²) < 4.78 is 50.8. The largest absolute Gasteiger partial charge is 0.495 e. The number of epoxide rings is 1. The number of aliphatic hydroxyl groups is 1. The highest BCUT2D eigenvalue weighted by Gasteiger charge is 2.64. The molecular formula is C60H81ClFN5O15. The van der Waals surface area contributed by atoms with E-state index in [1.165, 1.54) is 38.3 Å². The zero-order valence-electron chi connectivity index (χ0n) is 48.3. The number of primary amides is 1. The highest BCUT2D eigenvalue weighted by atomic mass is 35.5. The molecule has 1 saturated carbocycles. The number of urea groups is 1. The van der Waals surface area contributed by atoms with Gasteiger partial charge in [-0.05, 0) is 107 Å². The van der Waals surface area contributed by atoms with E-state index in [1.807, 2.05) is 13.0 Å². The van der Waals surface area contributed by atoms with Crippen LogP contribution in [0.4, 0.5) is 25.4 Å². The van der Waals surface area contributed by atoms with E-state index in [2.05, 4.69) is 16.0 Å². The minimum Gasteiger partial charge on any atom is -0.495 e. The fourth-order valence-electron chi connectivity index (χ4n) is 10.8. The number of benzene rings is 2. The number of hydrogen-bond acceptors (Lipinski definition) is 15. The van der Waals surface area contributed by atoms with Gasteiger partial charge in [-0.15, -0.1) is 0 Å². The number of hydrogen-bond donors (Lipinski definition) is 5. The van der Waals surface area contributed by atoms with Crippen molar-refractivity contribution in [2.45, 2.75) is 173 Å². The SMILES string of the molecule is COc1cc2cc(c1Cl)N(C)C(=O)C[C@H](OC(=O)Nc1ccc(CC(=O)[C@H](CCCNC(N)=O)NC(=O)[C@@H](CC(=O)CCCCCOC(=O)C3CCC3)C(C)C)cc1F)[C@]1(C)O[C@H]1[C@H](C)[C@@H]1C[C@@](O)(CC(=O)O1)[C@H](OC)/C=C/C=C(\C)C2. The summed E-state index contributed by atoms with van der Waals surface area (Å²) in [6, 6.07) is 5.33. The number of nitrogens with zero attached hydrogens (tertiary/aromatic N) is 1. The molecule has 82 heavy (non-hydrogen) atoms. The number of carbonyl (C=O) groups is 8. The lowest BCUT2D eigenvalue weighted by atomic mass is 9.78. The fraction of sp³-hybridized carbons (Fsp3) is 0.600. The molecule has 2 aromatic rings. The van der Waals surface area contributed by atoms with Crippen molar-refractivity contribution in [2.24, 2.45) is 29.4 Å². The average Bonchev–Trinajstić information content (AvgIpc) is 1.95. The lowest BCUT2D eigenvalue weighted by Crippen LogP contribution is -2.53. The molecule has 4 bridgehead atoms. The quantitative estimate of drug-likeness (QED) is 0.0306. The number of fused-ring (bicyclic) bond motifs is 5. The summed E-state index contributed by atoms with van der Waals surface area (Å²) in [6.45, 7) is 9.29. The predicted molar refractivity (Wildman–Crippen MR) is 302 cm³/mol. The van der Waals surface area contributed by atoms with Crippen molar-refractivity contribution in [3.05, 3.63) is 76.1 Å². The van der Waals surface area contributed by atoms with Crippen molar-refractivity contribution < 1.29 is 76.3 Å². The predicted octanol–water partition coefficient (Wildman–Crippen LogP) is 7.94. The van der Waals surface area contributed by atoms with Crippen molar-refractivity contribution in [1.82, 2.24) is 10.6 Å². The molecule has 0 spiro atoms. The van der Waals surface area contributed by atoms with Gasteiger partial charge in [-0.25, -0.2) is 14.0 Å². The Morgan fingerprint density at radius 1 is 1.04 bits per heavy atom. The number of rotatable bonds is 23. The van der Waals surface area contributed by atoms with E-state index < -0.39 is 101 Å². The van der Waals surface area contributed by atoms with Gasteiger partial charge in [0.15, 0.2) is 5.78 Å². The highest BCUT2D eigenvalue weighted by Crippen LogP contribution is 2.50. The Labute approximate surface area is 484 Å². The van der Waals surface area contributed by atoms with Crippen LogP contribution in [-0.4, -0.2) is 129 Å². The van der Waals surface area contributed by atoms with Crippen LogP contribution in [0.15, 0.2) is 54.1 Å². The summed E-state index contributed by atoms with van der Waals surface area (Å²) in [7, 11) is 4.39. The molecule has 2 aromatic carbocycles. The number of amides is 5. The molecule has 22 heteroatoms. The summed E-state index contributed by atoms with van der Waals surface area (Å²) in [4.78, 5) is 107. The monoisotopic (exact) mass is 1170 g/mol. The first-order valence-corrected chi connectivity index (χ1v) is 28.6. The number of nitrogens with two attached hydrogens (primary N) is 1. The average molecular weight is 1170 g/mol. The second kappa shape index (κ2) is 29.2. The number of nitrogens with one attached hydrogen (secondary N) is 3. The van der Waals surface area contributed by atoms with Crippen molar-refractivity contribution in [2.75, 3.05) is 44.6 Å². The first-order chi connectivity index (χ1) is 38.9. The van der Waals surface area contributed by atoms with Crippen molar-refractivity contribution in [1.29, 1.82) is 0 Å². The molecule has 450 valence electrons. The van der Waals surface area contributed by atoms with Gasteiger partial charge in [-0.1, -0.05) is 68.7 Å². The number of anilines is 2. The third-order valence-corrected chi connectivity index (χ3v) is 16.5. The van der Waals surface area contributed by atoms with Crippen molar-refractivity contribution >= 4 is 70.4 Å². The number of methoxy groups -OCH3 is 2. The topological polar surface area (TPSA) is 281 Å². The van der Waals surface area contributed by atoms with Crippen LogP contribution in [-0.2, 0) is 65.3 Å². The Balaban J connectivity index is 1.15. The molecular weight excluding hydrogens is 1090 g/mol. The minimum atomic E-state index is -1.67. The number of unbranched alkanes of at least 4 members (excludes halogenated alkanes) is 2. The van der Waals surface area contributed by atoms with Gasteiger partial charge in [0.1, 0.15) is 51.9 Å². The fourth-order valence-corrected chi connectivity index (χ4v) is 11.2. The molecule has 9 atom stereocenters. The summed E-state index contributed by atoms with van der Waals surface area (Å²) >= 11 is 6.82. The molecule has 6 N–H and O–H groups in total. The first kappa shape index (κ1) is 64.7. The minimum absolute atomic E-state index is 0.00224. The van der Waals surface area contributed by atoms with Gasteiger partial charge in [0.25, 0.3) is 0 Å². The third kappa shape index (κ3) is 17.3. The van der Waals surface area contributed by atoms with Crippen LogP contribution in [0.2, 0.25) is 5.02 Å². The van der Waals surface area contributed by atoms with E-state index in [4.69, 9.17) is 45.8 Å².